The molecule has 0 atom stereocenters. The number of amides is 2. The van der Waals surface area contributed by atoms with E-state index in [2.05, 4.69) is 0 Å². The van der Waals surface area contributed by atoms with Crippen LogP contribution in [0.25, 0.3) is 5.57 Å². The average molecular weight is 387 g/mol. The second-order valence-electron chi connectivity index (χ2n) is 6.44. The standard InChI is InChI=1S/C21H20ClFN2O2/c1-15(16-5-3-2-4-6-16)13-20(26)24-9-11-25(12-10-24)21(27)18-8-7-17(23)14-19(18)22/h2-8,13-14H,9-12H2,1H3/b15-13+. The molecule has 1 heterocycles. The zero-order valence-corrected chi connectivity index (χ0v) is 15.7. The summed E-state index contributed by atoms with van der Waals surface area (Å²) in [6.45, 7) is 3.63. The van der Waals surface area contributed by atoms with Gasteiger partial charge in [0.2, 0.25) is 5.91 Å². The van der Waals surface area contributed by atoms with Crippen molar-refractivity contribution in [2.45, 2.75) is 6.92 Å². The van der Waals surface area contributed by atoms with Crippen molar-refractivity contribution in [3.63, 3.8) is 0 Å². The molecule has 0 radical (unpaired) electrons. The Hall–Kier alpha value is -2.66. The van der Waals surface area contributed by atoms with Crippen LogP contribution in [-0.2, 0) is 4.79 Å². The fourth-order valence-electron chi connectivity index (χ4n) is 3.02. The van der Waals surface area contributed by atoms with Crippen molar-refractivity contribution in [1.29, 1.82) is 0 Å². The van der Waals surface area contributed by atoms with Gasteiger partial charge in [0.1, 0.15) is 5.82 Å². The molecule has 4 nitrogen and oxygen atoms in total. The van der Waals surface area contributed by atoms with Gasteiger partial charge in [0.05, 0.1) is 10.6 Å². The molecule has 140 valence electrons. The van der Waals surface area contributed by atoms with Gasteiger partial charge in [0, 0.05) is 32.3 Å². The predicted octanol–water partition coefficient (Wildman–Crippen LogP) is 3.87. The summed E-state index contributed by atoms with van der Waals surface area (Å²) in [4.78, 5) is 28.4. The van der Waals surface area contributed by atoms with Crippen LogP contribution in [-0.4, -0.2) is 47.8 Å². The first kappa shape index (κ1) is 19.1. The monoisotopic (exact) mass is 386 g/mol. The molecule has 1 aliphatic heterocycles. The van der Waals surface area contributed by atoms with Gasteiger partial charge in [0.25, 0.3) is 5.91 Å². The first-order valence-electron chi connectivity index (χ1n) is 8.72. The van der Waals surface area contributed by atoms with Gasteiger partial charge in [-0.15, -0.1) is 0 Å². The van der Waals surface area contributed by atoms with Crippen LogP contribution in [0.4, 0.5) is 4.39 Å². The molecule has 27 heavy (non-hydrogen) atoms. The minimum Gasteiger partial charge on any atom is -0.336 e. The molecule has 0 spiro atoms. The lowest BCUT2D eigenvalue weighted by atomic mass is 10.1. The smallest absolute Gasteiger partial charge is 0.255 e. The van der Waals surface area contributed by atoms with E-state index in [9.17, 15) is 14.0 Å². The van der Waals surface area contributed by atoms with Gasteiger partial charge in [-0.3, -0.25) is 9.59 Å². The summed E-state index contributed by atoms with van der Waals surface area (Å²) in [5, 5.41) is 0.0972. The van der Waals surface area contributed by atoms with Crippen LogP contribution in [0, 0.1) is 5.82 Å². The highest BCUT2D eigenvalue weighted by molar-refractivity contribution is 6.33. The molecular formula is C21H20ClFN2O2. The highest BCUT2D eigenvalue weighted by Gasteiger charge is 2.25. The van der Waals surface area contributed by atoms with E-state index in [1.54, 1.807) is 15.9 Å². The van der Waals surface area contributed by atoms with Gasteiger partial charge in [-0.05, 0) is 36.3 Å². The second-order valence-corrected chi connectivity index (χ2v) is 6.84. The van der Waals surface area contributed by atoms with E-state index in [0.29, 0.717) is 26.2 Å². The molecule has 3 rings (SSSR count). The van der Waals surface area contributed by atoms with Gasteiger partial charge in [-0.25, -0.2) is 4.39 Å². The predicted molar refractivity (Wildman–Crippen MR) is 104 cm³/mol. The SMILES string of the molecule is C/C(=C\C(=O)N1CCN(C(=O)c2ccc(F)cc2Cl)CC1)c1ccccc1. The van der Waals surface area contributed by atoms with Crippen LogP contribution in [0.15, 0.2) is 54.6 Å². The molecule has 0 aromatic heterocycles. The number of hydrogen-bond acceptors (Lipinski definition) is 2. The largest absolute Gasteiger partial charge is 0.336 e. The topological polar surface area (TPSA) is 40.6 Å². The van der Waals surface area contributed by atoms with Crippen LogP contribution < -0.4 is 0 Å². The van der Waals surface area contributed by atoms with Crippen molar-refractivity contribution in [3.8, 4) is 0 Å². The highest BCUT2D eigenvalue weighted by Crippen LogP contribution is 2.20. The Morgan fingerprint density at radius 1 is 1.00 bits per heavy atom. The number of hydrogen-bond donors (Lipinski definition) is 0. The maximum atomic E-state index is 13.2. The van der Waals surface area contributed by atoms with E-state index < -0.39 is 5.82 Å². The number of allylic oxidation sites excluding steroid dienone is 1. The third-order valence-electron chi connectivity index (χ3n) is 4.61. The molecule has 0 N–H and O–H groups in total. The van der Waals surface area contributed by atoms with Crippen molar-refractivity contribution >= 4 is 29.0 Å². The molecule has 2 aromatic carbocycles. The molecule has 1 aliphatic rings. The van der Waals surface area contributed by atoms with Crippen LogP contribution in [0.1, 0.15) is 22.8 Å². The number of piperazine rings is 1. The first-order chi connectivity index (χ1) is 13.0. The number of halogens is 2. The molecule has 1 saturated heterocycles. The quantitative estimate of drug-likeness (QED) is 0.751. The first-order valence-corrected chi connectivity index (χ1v) is 9.10. The van der Waals surface area contributed by atoms with Crippen LogP contribution in [0.2, 0.25) is 5.02 Å². The van der Waals surface area contributed by atoms with E-state index in [4.69, 9.17) is 11.6 Å². The summed E-state index contributed by atoms with van der Waals surface area (Å²) in [5.74, 6) is -0.793. The lowest BCUT2D eigenvalue weighted by molar-refractivity contribution is -0.127. The maximum Gasteiger partial charge on any atom is 0.255 e. The Labute approximate surface area is 162 Å². The third kappa shape index (κ3) is 4.55. The Kier molecular flexibility index (Phi) is 5.91. The number of benzene rings is 2. The summed E-state index contributed by atoms with van der Waals surface area (Å²) in [5.41, 5.74) is 2.18. The van der Waals surface area contributed by atoms with Gasteiger partial charge in [0.15, 0.2) is 0 Å². The Morgan fingerprint density at radius 2 is 1.63 bits per heavy atom. The Bertz CT molecular complexity index is 875. The number of carbonyl (C=O) groups excluding carboxylic acids is 2. The van der Waals surface area contributed by atoms with E-state index in [-0.39, 0.29) is 22.4 Å². The normalized spacial score (nSPS) is 15.0. The van der Waals surface area contributed by atoms with Gasteiger partial charge in [-0.1, -0.05) is 41.9 Å². The summed E-state index contributed by atoms with van der Waals surface area (Å²) in [7, 11) is 0. The Morgan fingerprint density at radius 3 is 2.26 bits per heavy atom. The zero-order valence-electron chi connectivity index (χ0n) is 15.0. The minimum atomic E-state index is -0.479. The molecular weight excluding hydrogens is 367 g/mol. The zero-order chi connectivity index (χ0) is 19.4. The highest BCUT2D eigenvalue weighted by atomic mass is 35.5. The van der Waals surface area contributed by atoms with Crippen molar-refractivity contribution in [3.05, 3.63) is 76.6 Å². The fraction of sp³-hybridized carbons (Fsp3) is 0.238. The molecule has 2 aromatic rings. The molecule has 1 fully saturated rings. The van der Waals surface area contributed by atoms with Gasteiger partial charge in [-0.2, -0.15) is 0 Å². The maximum absolute atomic E-state index is 13.2. The second kappa shape index (κ2) is 8.35. The van der Waals surface area contributed by atoms with Crippen LogP contribution in [0.3, 0.4) is 0 Å². The van der Waals surface area contributed by atoms with Gasteiger partial charge < -0.3 is 9.80 Å². The van der Waals surface area contributed by atoms with E-state index >= 15 is 0 Å². The third-order valence-corrected chi connectivity index (χ3v) is 4.92. The summed E-state index contributed by atoms with van der Waals surface area (Å²) < 4.78 is 13.2. The number of rotatable bonds is 3. The summed E-state index contributed by atoms with van der Waals surface area (Å²) in [6.07, 6.45) is 1.63. The lowest BCUT2D eigenvalue weighted by Gasteiger charge is -2.34. The molecule has 2 amide bonds. The summed E-state index contributed by atoms with van der Waals surface area (Å²) >= 11 is 5.98. The van der Waals surface area contributed by atoms with Gasteiger partial charge >= 0.3 is 0 Å². The average Bonchev–Trinajstić information content (AvgIpc) is 2.68. The molecule has 6 heteroatoms. The van der Waals surface area contributed by atoms with Crippen LogP contribution in [0.5, 0.6) is 0 Å². The Balaban J connectivity index is 1.61. The van der Waals surface area contributed by atoms with E-state index in [0.717, 1.165) is 17.2 Å². The fourth-order valence-corrected chi connectivity index (χ4v) is 3.27. The van der Waals surface area contributed by atoms with Crippen molar-refractivity contribution < 1.29 is 14.0 Å². The molecule has 0 saturated carbocycles. The molecule has 0 bridgehead atoms. The summed E-state index contributed by atoms with van der Waals surface area (Å²) in [6, 6.07) is 13.5. The van der Waals surface area contributed by atoms with Crippen molar-refractivity contribution in [1.82, 2.24) is 9.80 Å². The van der Waals surface area contributed by atoms with Crippen molar-refractivity contribution in [2.75, 3.05) is 26.2 Å². The van der Waals surface area contributed by atoms with E-state index in [1.807, 2.05) is 37.3 Å². The minimum absolute atomic E-state index is 0.0664. The molecule has 0 unspecified atom stereocenters. The lowest BCUT2D eigenvalue weighted by Crippen LogP contribution is -2.50. The molecule has 0 aliphatic carbocycles. The number of carbonyl (C=O) groups is 2. The van der Waals surface area contributed by atoms with E-state index in [1.165, 1.54) is 12.1 Å². The van der Waals surface area contributed by atoms with Crippen LogP contribution >= 0.6 is 11.6 Å². The number of nitrogens with zero attached hydrogens (tertiary/aromatic N) is 2. The van der Waals surface area contributed by atoms with Crippen molar-refractivity contribution in [2.24, 2.45) is 0 Å².